The van der Waals surface area contributed by atoms with E-state index in [1.165, 1.54) is 7.11 Å². The Labute approximate surface area is 106 Å². The first-order valence-corrected chi connectivity index (χ1v) is 5.94. The summed E-state index contributed by atoms with van der Waals surface area (Å²) < 4.78 is 4.68. The minimum atomic E-state index is -0.453. The predicted octanol–water partition coefficient (Wildman–Crippen LogP) is 1.16. The van der Waals surface area contributed by atoms with E-state index in [0.717, 1.165) is 19.4 Å². The number of carbonyl (C=O) groups excluding carboxylic acids is 2. The van der Waals surface area contributed by atoms with Gasteiger partial charge in [-0.05, 0) is 31.5 Å². The van der Waals surface area contributed by atoms with Crippen molar-refractivity contribution in [3.05, 3.63) is 29.8 Å². The van der Waals surface area contributed by atoms with Gasteiger partial charge in [-0.2, -0.15) is 0 Å². The van der Waals surface area contributed by atoms with Gasteiger partial charge >= 0.3 is 5.97 Å². The lowest BCUT2D eigenvalue weighted by Crippen LogP contribution is -2.35. The van der Waals surface area contributed by atoms with Crippen molar-refractivity contribution in [2.45, 2.75) is 18.9 Å². The van der Waals surface area contributed by atoms with Crippen molar-refractivity contribution in [3.63, 3.8) is 0 Å². The molecule has 1 aliphatic heterocycles. The van der Waals surface area contributed by atoms with Crippen LogP contribution in [0.4, 0.5) is 5.69 Å². The number of benzene rings is 1. The molecule has 5 nitrogen and oxygen atoms in total. The van der Waals surface area contributed by atoms with Crippen molar-refractivity contribution >= 4 is 17.6 Å². The molecule has 0 radical (unpaired) electrons. The molecule has 0 aromatic heterocycles. The van der Waals surface area contributed by atoms with E-state index in [4.69, 9.17) is 0 Å². The first-order chi connectivity index (χ1) is 8.72. The zero-order valence-corrected chi connectivity index (χ0v) is 10.2. The normalized spacial score (nSPS) is 18.4. The summed E-state index contributed by atoms with van der Waals surface area (Å²) in [4.78, 5) is 23.5. The van der Waals surface area contributed by atoms with Gasteiger partial charge in [-0.3, -0.25) is 4.79 Å². The fourth-order valence-electron chi connectivity index (χ4n) is 2.01. The molecule has 18 heavy (non-hydrogen) atoms. The van der Waals surface area contributed by atoms with Crippen LogP contribution in [0.2, 0.25) is 0 Å². The molecule has 2 rings (SSSR count). The van der Waals surface area contributed by atoms with Gasteiger partial charge in [0.2, 0.25) is 5.91 Å². The van der Waals surface area contributed by atoms with Crippen LogP contribution in [0.5, 0.6) is 0 Å². The molecule has 1 aromatic rings. The van der Waals surface area contributed by atoms with Crippen LogP contribution in [0.25, 0.3) is 0 Å². The Kier molecular flexibility index (Phi) is 3.94. The van der Waals surface area contributed by atoms with Crippen LogP contribution < -0.4 is 10.6 Å². The molecular formula is C13H16N2O3. The summed E-state index contributed by atoms with van der Waals surface area (Å²) in [6, 6.07) is 6.65. The topological polar surface area (TPSA) is 67.4 Å². The van der Waals surface area contributed by atoms with Gasteiger partial charge < -0.3 is 15.4 Å². The van der Waals surface area contributed by atoms with Crippen molar-refractivity contribution in [1.29, 1.82) is 0 Å². The summed E-state index contributed by atoms with van der Waals surface area (Å²) in [5.41, 5.74) is 0.856. The number of hydrogen-bond donors (Lipinski definition) is 2. The van der Waals surface area contributed by atoms with Gasteiger partial charge in [0, 0.05) is 0 Å². The average molecular weight is 248 g/mol. The minimum Gasteiger partial charge on any atom is -0.465 e. The van der Waals surface area contributed by atoms with Gasteiger partial charge in [0.25, 0.3) is 0 Å². The van der Waals surface area contributed by atoms with Gasteiger partial charge in [-0.1, -0.05) is 12.1 Å². The molecule has 0 aliphatic carbocycles. The van der Waals surface area contributed by atoms with E-state index in [1.807, 2.05) is 0 Å². The minimum absolute atomic E-state index is 0.108. The van der Waals surface area contributed by atoms with Crippen LogP contribution >= 0.6 is 0 Å². The summed E-state index contributed by atoms with van der Waals surface area (Å²) in [6.07, 6.45) is 1.82. The molecule has 2 N–H and O–H groups in total. The van der Waals surface area contributed by atoms with Gasteiger partial charge in [0.15, 0.2) is 0 Å². The number of carbonyl (C=O) groups is 2. The van der Waals surface area contributed by atoms with Crippen molar-refractivity contribution in [2.75, 3.05) is 19.0 Å². The van der Waals surface area contributed by atoms with Crippen LogP contribution in [0.3, 0.4) is 0 Å². The molecule has 1 atom stereocenters. The largest absolute Gasteiger partial charge is 0.465 e. The fraction of sp³-hybridized carbons (Fsp3) is 0.385. The van der Waals surface area contributed by atoms with Gasteiger partial charge in [0.05, 0.1) is 24.4 Å². The van der Waals surface area contributed by atoms with Crippen LogP contribution in [0, 0.1) is 0 Å². The lowest BCUT2D eigenvalue weighted by Gasteiger charge is -2.13. The Morgan fingerprint density at radius 1 is 1.39 bits per heavy atom. The zero-order valence-electron chi connectivity index (χ0n) is 10.2. The Bertz CT molecular complexity index is 453. The third-order valence-corrected chi connectivity index (χ3v) is 2.97. The second-order valence-corrected chi connectivity index (χ2v) is 4.18. The second-order valence-electron chi connectivity index (χ2n) is 4.18. The van der Waals surface area contributed by atoms with Gasteiger partial charge in [0.1, 0.15) is 0 Å². The van der Waals surface area contributed by atoms with Crippen molar-refractivity contribution in [3.8, 4) is 0 Å². The SMILES string of the molecule is COC(=O)c1ccccc1NC(=O)C1CCCN1. The number of esters is 1. The van der Waals surface area contributed by atoms with Crippen LogP contribution in [-0.4, -0.2) is 31.6 Å². The first kappa shape index (κ1) is 12.6. The zero-order chi connectivity index (χ0) is 13.0. The fourth-order valence-corrected chi connectivity index (χ4v) is 2.01. The number of rotatable bonds is 3. The monoisotopic (exact) mass is 248 g/mol. The maximum Gasteiger partial charge on any atom is 0.339 e. The standard InChI is InChI=1S/C13H16N2O3/c1-18-13(17)9-5-2-3-6-10(9)15-12(16)11-7-4-8-14-11/h2-3,5-6,11,14H,4,7-8H2,1H3,(H,15,16). The quantitative estimate of drug-likeness (QED) is 0.788. The molecule has 0 saturated carbocycles. The Morgan fingerprint density at radius 2 is 2.17 bits per heavy atom. The van der Waals surface area contributed by atoms with Gasteiger partial charge in [-0.15, -0.1) is 0 Å². The molecule has 1 aromatic carbocycles. The number of hydrogen-bond acceptors (Lipinski definition) is 4. The molecule has 96 valence electrons. The molecule has 1 heterocycles. The highest BCUT2D eigenvalue weighted by Crippen LogP contribution is 2.17. The summed E-state index contributed by atoms with van der Waals surface area (Å²) in [5, 5.41) is 5.88. The van der Waals surface area contributed by atoms with E-state index >= 15 is 0 Å². The van der Waals surface area contributed by atoms with E-state index in [1.54, 1.807) is 24.3 Å². The molecule has 1 unspecified atom stereocenters. The number of nitrogens with one attached hydrogen (secondary N) is 2. The highest BCUT2D eigenvalue weighted by atomic mass is 16.5. The number of methoxy groups -OCH3 is 1. The van der Waals surface area contributed by atoms with Crippen molar-refractivity contribution in [2.24, 2.45) is 0 Å². The van der Waals surface area contributed by atoms with Gasteiger partial charge in [-0.25, -0.2) is 4.79 Å². The number of para-hydroxylation sites is 1. The number of amides is 1. The summed E-state index contributed by atoms with van der Waals surface area (Å²) in [6.45, 7) is 0.858. The van der Waals surface area contributed by atoms with E-state index in [9.17, 15) is 9.59 Å². The highest BCUT2D eigenvalue weighted by Gasteiger charge is 2.23. The lowest BCUT2D eigenvalue weighted by atomic mass is 10.1. The van der Waals surface area contributed by atoms with E-state index in [-0.39, 0.29) is 11.9 Å². The number of anilines is 1. The van der Waals surface area contributed by atoms with Crippen LogP contribution in [-0.2, 0) is 9.53 Å². The Hall–Kier alpha value is -1.88. The summed E-state index contributed by atoms with van der Waals surface area (Å²) in [7, 11) is 1.32. The highest BCUT2D eigenvalue weighted by molar-refractivity contribution is 6.02. The van der Waals surface area contributed by atoms with Crippen LogP contribution in [0.15, 0.2) is 24.3 Å². The summed E-state index contributed by atoms with van der Waals surface area (Å²) >= 11 is 0. The molecular weight excluding hydrogens is 232 g/mol. The van der Waals surface area contributed by atoms with E-state index in [0.29, 0.717) is 11.3 Å². The molecule has 0 bridgehead atoms. The van der Waals surface area contributed by atoms with Crippen LogP contribution in [0.1, 0.15) is 23.2 Å². The molecule has 1 fully saturated rings. The Balaban J connectivity index is 2.13. The molecule has 1 aliphatic rings. The van der Waals surface area contributed by atoms with Crippen molar-refractivity contribution < 1.29 is 14.3 Å². The van der Waals surface area contributed by atoms with E-state index < -0.39 is 5.97 Å². The molecule has 0 spiro atoms. The number of ether oxygens (including phenoxy) is 1. The maximum absolute atomic E-state index is 12.0. The first-order valence-electron chi connectivity index (χ1n) is 5.94. The Morgan fingerprint density at radius 3 is 2.83 bits per heavy atom. The third-order valence-electron chi connectivity index (χ3n) is 2.97. The average Bonchev–Trinajstić information content (AvgIpc) is 2.92. The second kappa shape index (κ2) is 5.64. The predicted molar refractivity (Wildman–Crippen MR) is 67.4 cm³/mol. The smallest absolute Gasteiger partial charge is 0.339 e. The third kappa shape index (κ3) is 2.68. The summed E-state index contributed by atoms with van der Waals surface area (Å²) in [5.74, 6) is -0.561. The van der Waals surface area contributed by atoms with E-state index in [2.05, 4.69) is 15.4 Å². The van der Waals surface area contributed by atoms with Crippen molar-refractivity contribution in [1.82, 2.24) is 5.32 Å². The molecule has 1 amide bonds. The lowest BCUT2D eigenvalue weighted by molar-refractivity contribution is -0.117. The maximum atomic E-state index is 12.0. The molecule has 5 heteroatoms. The molecule has 1 saturated heterocycles.